The van der Waals surface area contributed by atoms with Gasteiger partial charge in [0.25, 0.3) is 5.56 Å². The fourth-order valence-corrected chi connectivity index (χ4v) is 4.80. The van der Waals surface area contributed by atoms with Crippen LogP contribution in [0.3, 0.4) is 0 Å². The molecule has 0 spiro atoms. The van der Waals surface area contributed by atoms with Gasteiger partial charge in [-0.15, -0.1) is 0 Å². The molecule has 2 aromatic heterocycles. The lowest BCUT2D eigenvalue weighted by Gasteiger charge is -2.11. The van der Waals surface area contributed by atoms with Crippen molar-refractivity contribution in [1.29, 1.82) is 0 Å². The van der Waals surface area contributed by atoms with Gasteiger partial charge in [-0.1, -0.05) is 47.2 Å². The van der Waals surface area contributed by atoms with Gasteiger partial charge >= 0.3 is 0 Å². The maximum Gasteiger partial charge on any atom is 0.274 e. The molecular formula is C27H24N2O3S. The molecule has 33 heavy (non-hydrogen) atoms. The van der Waals surface area contributed by atoms with Crippen LogP contribution in [0.5, 0.6) is 11.5 Å². The van der Waals surface area contributed by atoms with Gasteiger partial charge in [-0.2, -0.15) is 0 Å². The zero-order valence-corrected chi connectivity index (χ0v) is 19.8. The van der Waals surface area contributed by atoms with E-state index in [0.717, 1.165) is 27.7 Å². The Bertz CT molecular complexity index is 1600. The summed E-state index contributed by atoms with van der Waals surface area (Å²) in [7, 11) is 1.62. The van der Waals surface area contributed by atoms with Crippen LogP contribution in [-0.4, -0.2) is 16.5 Å². The summed E-state index contributed by atoms with van der Waals surface area (Å²) in [6.45, 7) is 6.62. The molecule has 0 aliphatic carbocycles. The molecular weight excluding hydrogens is 432 g/mol. The number of nitrogens with zero attached hydrogens (tertiary/aromatic N) is 2. The van der Waals surface area contributed by atoms with Gasteiger partial charge in [-0.3, -0.25) is 4.79 Å². The molecule has 3 aromatic carbocycles. The molecule has 0 bridgehead atoms. The minimum absolute atomic E-state index is 0.0561. The summed E-state index contributed by atoms with van der Waals surface area (Å²) in [6, 6.07) is 18.0. The molecule has 5 aromatic rings. The normalized spacial score (nSPS) is 12.1. The van der Waals surface area contributed by atoms with Crippen LogP contribution in [0.15, 0.2) is 59.4 Å². The molecule has 6 heteroatoms. The lowest BCUT2D eigenvalue weighted by atomic mass is 10.1. The average Bonchev–Trinajstić information content (AvgIpc) is 3.29. The second-order valence-corrected chi connectivity index (χ2v) is 9.26. The Labute approximate surface area is 195 Å². The highest BCUT2D eigenvalue weighted by Crippen LogP contribution is 2.29. The van der Waals surface area contributed by atoms with Gasteiger partial charge in [0.2, 0.25) is 0 Å². The van der Waals surface area contributed by atoms with Crippen LogP contribution in [0, 0.1) is 20.8 Å². The summed E-state index contributed by atoms with van der Waals surface area (Å²) in [6.07, 6.45) is 1.88. The molecule has 5 rings (SSSR count). The predicted molar refractivity (Wildman–Crippen MR) is 134 cm³/mol. The Morgan fingerprint density at radius 1 is 0.970 bits per heavy atom. The number of imidazole rings is 1. The number of hydrogen-bond acceptors (Lipinski definition) is 5. The van der Waals surface area contributed by atoms with Gasteiger partial charge in [-0.05, 0) is 73.4 Å². The topological polar surface area (TPSA) is 52.8 Å². The molecule has 5 nitrogen and oxygen atoms in total. The molecule has 0 aliphatic rings. The SMILES string of the molecule is COc1cc(/C=c2/sc3nc4cc(C)c(C)cc4n3c2=O)ccc1OCc1ccc(C)cc1. The number of aryl methyl sites for hydroxylation is 3. The fourth-order valence-electron chi connectivity index (χ4n) is 3.81. The second kappa shape index (κ2) is 8.37. The van der Waals surface area contributed by atoms with Gasteiger partial charge < -0.3 is 9.47 Å². The number of rotatable bonds is 5. The van der Waals surface area contributed by atoms with Crippen molar-refractivity contribution < 1.29 is 9.47 Å². The molecule has 166 valence electrons. The third-order valence-corrected chi connectivity index (χ3v) is 6.82. The van der Waals surface area contributed by atoms with E-state index in [4.69, 9.17) is 9.47 Å². The highest BCUT2D eigenvalue weighted by atomic mass is 32.1. The lowest BCUT2D eigenvalue weighted by molar-refractivity contribution is 0.284. The molecule has 0 radical (unpaired) electrons. The summed E-state index contributed by atoms with van der Waals surface area (Å²) in [5.74, 6) is 1.29. The van der Waals surface area contributed by atoms with E-state index in [1.54, 1.807) is 11.5 Å². The van der Waals surface area contributed by atoms with Crippen molar-refractivity contribution in [2.75, 3.05) is 7.11 Å². The fraction of sp³-hybridized carbons (Fsp3) is 0.185. The maximum absolute atomic E-state index is 13.2. The number of methoxy groups -OCH3 is 1. The quantitative estimate of drug-likeness (QED) is 0.375. The van der Waals surface area contributed by atoms with E-state index < -0.39 is 0 Å². The molecule has 0 amide bonds. The van der Waals surface area contributed by atoms with Crippen LogP contribution in [0.4, 0.5) is 0 Å². The summed E-state index contributed by atoms with van der Waals surface area (Å²) in [5.41, 5.74) is 7.14. The summed E-state index contributed by atoms with van der Waals surface area (Å²) >= 11 is 1.39. The van der Waals surface area contributed by atoms with Gasteiger partial charge in [0.15, 0.2) is 16.5 Å². The highest BCUT2D eigenvalue weighted by Gasteiger charge is 2.13. The van der Waals surface area contributed by atoms with E-state index in [0.29, 0.717) is 27.6 Å². The number of ether oxygens (including phenoxy) is 2. The van der Waals surface area contributed by atoms with Gasteiger partial charge in [0.05, 0.1) is 22.7 Å². The zero-order valence-electron chi connectivity index (χ0n) is 19.0. The number of fused-ring (bicyclic) bond motifs is 3. The van der Waals surface area contributed by atoms with Crippen molar-refractivity contribution >= 4 is 33.4 Å². The first-order valence-electron chi connectivity index (χ1n) is 10.7. The summed E-state index contributed by atoms with van der Waals surface area (Å²) in [5, 5.41) is 0. The van der Waals surface area contributed by atoms with Crippen LogP contribution < -0.4 is 19.6 Å². The number of aromatic nitrogens is 2. The van der Waals surface area contributed by atoms with Gasteiger partial charge in [-0.25, -0.2) is 9.38 Å². The Morgan fingerprint density at radius 2 is 1.73 bits per heavy atom. The monoisotopic (exact) mass is 456 g/mol. The minimum Gasteiger partial charge on any atom is -0.493 e. The van der Waals surface area contributed by atoms with Crippen LogP contribution in [0.25, 0.3) is 22.1 Å². The first-order chi connectivity index (χ1) is 15.9. The summed E-state index contributed by atoms with van der Waals surface area (Å²) < 4.78 is 13.9. The van der Waals surface area contributed by atoms with Crippen molar-refractivity contribution in [2.24, 2.45) is 0 Å². The molecule has 0 fully saturated rings. The van der Waals surface area contributed by atoms with Crippen molar-refractivity contribution in [3.05, 3.63) is 97.3 Å². The third kappa shape index (κ3) is 3.98. The molecule has 0 aliphatic heterocycles. The van der Waals surface area contributed by atoms with E-state index in [1.165, 1.54) is 22.5 Å². The number of hydrogen-bond donors (Lipinski definition) is 0. The summed E-state index contributed by atoms with van der Waals surface area (Å²) in [4.78, 5) is 18.5. The van der Waals surface area contributed by atoms with Crippen molar-refractivity contribution in [1.82, 2.24) is 9.38 Å². The molecule has 2 heterocycles. The van der Waals surface area contributed by atoms with E-state index in [1.807, 2.05) is 43.3 Å². The smallest absolute Gasteiger partial charge is 0.274 e. The molecule has 0 unspecified atom stereocenters. The van der Waals surface area contributed by atoms with E-state index >= 15 is 0 Å². The lowest BCUT2D eigenvalue weighted by Crippen LogP contribution is -2.22. The highest BCUT2D eigenvalue weighted by molar-refractivity contribution is 7.15. The third-order valence-electron chi connectivity index (χ3n) is 5.85. The van der Waals surface area contributed by atoms with E-state index in [2.05, 4.69) is 43.1 Å². The van der Waals surface area contributed by atoms with Crippen molar-refractivity contribution in [3.63, 3.8) is 0 Å². The Morgan fingerprint density at radius 3 is 2.48 bits per heavy atom. The van der Waals surface area contributed by atoms with E-state index in [9.17, 15) is 4.79 Å². The largest absolute Gasteiger partial charge is 0.493 e. The maximum atomic E-state index is 13.2. The Kier molecular flexibility index (Phi) is 5.38. The van der Waals surface area contributed by atoms with Crippen LogP contribution in [0.2, 0.25) is 0 Å². The van der Waals surface area contributed by atoms with Crippen LogP contribution in [0.1, 0.15) is 27.8 Å². The van der Waals surface area contributed by atoms with Gasteiger partial charge in [0, 0.05) is 0 Å². The number of benzene rings is 3. The molecule has 0 N–H and O–H groups in total. The van der Waals surface area contributed by atoms with Crippen molar-refractivity contribution in [2.45, 2.75) is 27.4 Å². The van der Waals surface area contributed by atoms with Crippen LogP contribution >= 0.6 is 11.3 Å². The molecule has 0 saturated carbocycles. The first-order valence-corrected chi connectivity index (χ1v) is 11.5. The first kappa shape index (κ1) is 21.2. The average molecular weight is 457 g/mol. The standard InChI is InChI=1S/C27H24N2O3S/c1-16-5-7-19(8-6-16)15-32-23-10-9-20(13-24(23)31-4)14-25-26(30)29-22-12-18(3)17(2)11-21(22)28-27(29)33-25/h5-14H,15H2,1-4H3/b25-14+. The molecule has 0 atom stereocenters. The molecule has 0 saturated heterocycles. The second-order valence-electron chi connectivity index (χ2n) is 8.26. The number of thiazole rings is 1. The van der Waals surface area contributed by atoms with Crippen molar-refractivity contribution in [3.8, 4) is 11.5 Å². The minimum atomic E-state index is -0.0561. The zero-order chi connectivity index (χ0) is 23.1. The van der Waals surface area contributed by atoms with Crippen LogP contribution in [-0.2, 0) is 6.61 Å². The Hall–Kier alpha value is -3.64. The van der Waals surface area contributed by atoms with Gasteiger partial charge in [0.1, 0.15) is 6.61 Å². The Balaban J connectivity index is 1.48. The predicted octanol–water partition coefficient (Wildman–Crippen LogP) is 4.97. The van der Waals surface area contributed by atoms with E-state index in [-0.39, 0.29) is 5.56 Å².